The lowest BCUT2D eigenvalue weighted by atomic mass is 9.93. The van der Waals surface area contributed by atoms with Crippen LogP contribution in [0.3, 0.4) is 0 Å². The molecule has 1 nitrogen and oxygen atoms in total. The SMILES string of the molecule is BrC1CCCC1c1cccc2cnccc12. The van der Waals surface area contributed by atoms with E-state index in [0.717, 1.165) is 0 Å². The van der Waals surface area contributed by atoms with Gasteiger partial charge in [0.25, 0.3) is 0 Å². The molecule has 1 aliphatic carbocycles. The van der Waals surface area contributed by atoms with Crippen molar-refractivity contribution >= 4 is 26.7 Å². The summed E-state index contributed by atoms with van der Waals surface area (Å²) in [6.45, 7) is 0. The number of hydrogen-bond donors (Lipinski definition) is 0. The van der Waals surface area contributed by atoms with Gasteiger partial charge >= 0.3 is 0 Å². The number of rotatable bonds is 1. The Kier molecular flexibility index (Phi) is 2.68. The first-order valence-electron chi connectivity index (χ1n) is 5.83. The predicted octanol–water partition coefficient (Wildman–Crippen LogP) is 4.27. The fourth-order valence-corrected chi connectivity index (χ4v) is 3.61. The van der Waals surface area contributed by atoms with Crippen LogP contribution in [0.2, 0.25) is 0 Å². The van der Waals surface area contributed by atoms with Crippen LogP contribution in [-0.4, -0.2) is 9.81 Å². The molecular formula is C14H14BrN. The quantitative estimate of drug-likeness (QED) is 0.709. The van der Waals surface area contributed by atoms with Crippen LogP contribution in [0.1, 0.15) is 30.7 Å². The van der Waals surface area contributed by atoms with Crippen molar-refractivity contribution in [2.24, 2.45) is 0 Å². The normalized spacial score (nSPS) is 25.1. The average molecular weight is 276 g/mol. The van der Waals surface area contributed by atoms with Crippen molar-refractivity contribution in [3.8, 4) is 0 Å². The van der Waals surface area contributed by atoms with Gasteiger partial charge in [0.2, 0.25) is 0 Å². The molecular weight excluding hydrogens is 262 g/mol. The number of pyridine rings is 1. The minimum atomic E-state index is 0.645. The van der Waals surface area contributed by atoms with Crippen LogP contribution in [-0.2, 0) is 0 Å². The van der Waals surface area contributed by atoms with Crippen molar-refractivity contribution in [1.82, 2.24) is 4.98 Å². The summed E-state index contributed by atoms with van der Waals surface area (Å²) >= 11 is 3.81. The molecule has 2 atom stereocenters. The summed E-state index contributed by atoms with van der Waals surface area (Å²) in [6.07, 6.45) is 7.78. The molecule has 1 fully saturated rings. The Hall–Kier alpha value is -0.890. The van der Waals surface area contributed by atoms with E-state index < -0.39 is 0 Å². The van der Waals surface area contributed by atoms with E-state index in [4.69, 9.17) is 0 Å². The van der Waals surface area contributed by atoms with Gasteiger partial charge in [-0.15, -0.1) is 0 Å². The zero-order valence-electron chi connectivity index (χ0n) is 9.07. The van der Waals surface area contributed by atoms with Gasteiger partial charge in [-0.1, -0.05) is 40.5 Å². The molecule has 2 unspecified atom stereocenters. The van der Waals surface area contributed by atoms with Gasteiger partial charge in [-0.2, -0.15) is 0 Å². The molecule has 16 heavy (non-hydrogen) atoms. The summed E-state index contributed by atoms with van der Waals surface area (Å²) in [7, 11) is 0. The number of fused-ring (bicyclic) bond motifs is 1. The number of nitrogens with zero attached hydrogens (tertiary/aromatic N) is 1. The van der Waals surface area contributed by atoms with Crippen molar-refractivity contribution in [1.29, 1.82) is 0 Å². The third kappa shape index (κ3) is 1.65. The highest BCUT2D eigenvalue weighted by Crippen LogP contribution is 2.41. The van der Waals surface area contributed by atoms with Crippen LogP contribution in [0, 0.1) is 0 Å². The van der Waals surface area contributed by atoms with Crippen molar-refractivity contribution in [3.63, 3.8) is 0 Å². The molecule has 1 heterocycles. The Bertz CT molecular complexity index is 504. The Morgan fingerprint density at radius 2 is 2.12 bits per heavy atom. The largest absolute Gasteiger partial charge is 0.264 e. The molecule has 2 aromatic rings. The fourth-order valence-electron chi connectivity index (χ4n) is 2.74. The Morgan fingerprint density at radius 1 is 1.19 bits per heavy atom. The molecule has 0 bridgehead atoms. The summed E-state index contributed by atoms with van der Waals surface area (Å²) in [5, 5.41) is 2.63. The highest BCUT2D eigenvalue weighted by molar-refractivity contribution is 9.09. The lowest BCUT2D eigenvalue weighted by Gasteiger charge is -2.16. The standard InChI is InChI=1S/C14H14BrN/c15-14-6-2-5-13(14)12-4-1-3-10-9-16-8-7-11(10)12/h1,3-4,7-9,13-14H,2,5-6H2. The third-order valence-corrected chi connectivity index (χ3v) is 4.64. The summed E-state index contributed by atoms with van der Waals surface area (Å²) in [6, 6.07) is 8.71. The zero-order valence-corrected chi connectivity index (χ0v) is 10.7. The average Bonchev–Trinajstić information content (AvgIpc) is 2.75. The van der Waals surface area contributed by atoms with Gasteiger partial charge in [-0.25, -0.2) is 0 Å². The van der Waals surface area contributed by atoms with Gasteiger partial charge in [-0.3, -0.25) is 4.98 Å². The molecule has 82 valence electrons. The Labute approximate surface area is 104 Å². The van der Waals surface area contributed by atoms with E-state index in [0.29, 0.717) is 10.7 Å². The highest BCUT2D eigenvalue weighted by atomic mass is 79.9. The third-order valence-electron chi connectivity index (χ3n) is 3.55. The first kappa shape index (κ1) is 10.3. The van der Waals surface area contributed by atoms with Crippen molar-refractivity contribution in [2.45, 2.75) is 30.0 Å². The van der Waals surface area contributed by atoms with E-state index in [9.17, 15) is 0 Å². The van der Waals surface area contributed by atoms with Crippen LogP contribution in [0.4, 0.5) is 0 Å². The lowest BCUT2D eigenvalue weighted by Crippen LogP contribution is -2.04. The number of halogens is 1. The van der Waals surface area contributed by atoms with Gasteiger partial charge in [0.1, 0.15) is 0 Å². The predicted molar refractivity (Wildman–Crippen MR) is 71.1 cm³/mol. The lowest BCUT2D eigenvalue weighted by molar-refractivity contribution is 0.749. The number of aromatic nitrogens is 1. The summed E-state index contributed by atoms with van der Waals surface area (Å²) < 4.78 is 0. The molecule has 0 saturated heterocycles. The number of hydrogen-bond acceptors (Lipinski definition) is 1. The maximum Gasteiger partial charge on any atom is 0.0346 e. The van der Waals surface area contributed by atoms with Gasteiger partial charge in [-0.05, 0) is 35.8 Å². The molecule has 1 aromatic carbocycles. The topological polar surface area (TPSA) is 12.9 Å². The molecule has 0 aliphatic heterocycles. The molecule has 0 radical (unpaired) electrons. The van der Waals surface area contributed by atoms with Crippen LogP contribution < -0.4 is 0 Å². The highest BCUT2D eigenvalue weighted by Gasteiger charge is 2.27. The second-order valence-electron chi connectivity index (χ2n) is 4.50. The molecule has 1 aromatic heterocycles. The van der Waals surface area contributed by atoms with Crippen LogP contribution in [0.15, 0.2) is 36.7 Å². The van der Waals surface area contributed by atoms with Crippen molar-refractivity contribution in [3.05, 3.63) is 42.2 Å². The van der Waals surface area contributed by atoms with Crippen molar-refractivity contribution in [2.75, 3.05) is 0 Å². The van der Waals surface area contributed by atoms with Crippen molar-refractivity contribution < 1.29 is 0 Å². The van der Waals surface area contributed by atoms with Gasteiger partial charge in [0.15, 0.2) is 0 Å². The minimum absolute atomic E-state index is 0.645. The first-order valence-corrected chi connectivity index (χ1v) is 6.74. The number of benzene rings is 1. The molecule has 3 rings (SSSR count). The maximum absolute atomic E-state index is 4.19. The van der Waals surface area contributed by atoms with Crippen LogP contribution in [0.5, 0.6) is 0 Å². The smallest absolute Gasteiger partial charge is 0.0346 e. The van der Waals surface area contributed by atoms with Gasteiger partial charge in [0, 0.05) is 22.6 Å². The van der Waals surface area contributed by atoms with E-state index in [1.165, 1.54) is 35.6 Å². The molecule has 0 amide bonds. The molecule has 1 saturated carbocycles. The summed E-state index contributed by atoms with van der Waals surface area (Å²) in [5.74, 6) is 0.672. The molecule has 1 aliphatic rings. The minimum Gasteiger partial charge on any atom is -0.264 e. The van der Waals surface area contributed by atoms with E-state index in [2.05, 4.69) is 45.2 Å². The van der Waals surface area contributed by atoms with Gasteiger partial charge in [0.05, 0.1) is 0 Å². The van der Waals surface area contributed by atoms with E-state index in [-0.39, 0.29) is 0 Å². The maximum atomic E-state index is 4.19. The van der Waals surface area contributed by atoms with E-state index >= 15 is 0 Å². The second-order valence-corrected chi connectivity index (χ2v) is 5.67. The molecule has 0 spiro atoms. The first-order chi connectivity index (χ1) is 7.86. The monoisotopic (exact) mass is 275 g/mol. The van der Waals surface area contributed by atoms with Gasteiger partial charge < -0.3 is 0 Å². The second kappa shape index (κ2) is 4.17. The number of alkyl halides is 1. The molecule has 0 N–H and O–H groups in total. The molecule has 2 heteroatoms. The van der Waals surface area contributed by atoms with Crippen LogP contribution >= 0.6 is 15.9 Å². The summed E-state index contributed by atoms with van der Waals surface area (Å²) in [5.41, 5.74) is 1.49. The summed E-state index contributed by atoms with van der Waals surface area (Å²) in [4.78, 5) is 4.83. The van der Waals surface area contributed by atoms with E-state index in [1.54, 1.807) is 0 Å². The van der Waals surface area contributed by atoms with E-state index in [1.807, 2.05) is 12.4 Å². The zero-order chi connectivity index (χ0) is 11.0. The Morgan fingerprint density at radius 3 is 2.94 bits per heavy atom. The fraction of sp³-hybridized carbons (Fsp3) is 0.357. The van der Waals surface area contributed by atoms with Crippen LogP contribution in [0.25, 0.3) is 10.8 Å². The Balaban J connectivity index is 2.16.